The third kappa shape index (κ3) is 6.73. The minimum Gasteiger partial charge on any atom is -0.508 e. The van der Waals surface area contributed by atoms with Gasteiger partial charge < -0.3 is 9.30 Å². The minimum absolute atomic E-state index is 0. The number of hydrogen-bond donors (Lipinski definition) is 0. The molecule has 6 heteroatoms. The normalized spacial score (nSPS) is 12.8. The predicted octanol–water partition coefficient (Wildman–Crippen LogP) is 12.2. The second-order valence-electron chi connectivity index (χ2n) is 18.0. The number of imidazole rings is 1. The monoisotopic (exact) mass is 870 g/mol. The molecule has 4 aromatic carbocycles. The van der Waals surface area contributed by atoms with Gasteiger partial charge in [-0.1, -0.05) is 103 Å². The summed E-state index contributed by atoms with van der Waals surface area (Å²) in [6.45, 7) is 26.8. The van der Waals surface area contributed by atoms with Crippen LogP contribution in [0.5, 0.6) is 11.5 Å². The van der Waals surface area contributed by atoms with Crippen LogP contribution in [0.25, 0.3) is 44.3 Å². The first kappa shape index (κ1) is 37.5. The van der Waals surface area contributed by atoms with Gasteiger partial charge in [0.1, 0.15) is 5.82 Å². The number of aromatic nitrogens is 4. The quantitative estimate of drug-likeness (QED) is 0.165. The van der Waals surface area contributed by atoms with Gasteiger partial charge >= 0.3 is 0 Å². The third-order valence-corrected chi connectivity index (χ3v) is 9.85. The number of fused-ring (bicyclic) bond motifs is 4. The molecule has 0 atom stereocenters. The van der Waals surface area contributed by atoms with Crippen LogP contribution in [0, 0.1) is 12.1 Å². The first-order chi connectivity index (χ1) is 23.8. The van der Waals surface area contributed by atoms with E-state index in [1.165, 1.54) is 16.5 Å². The van der Waals surface area contributed by atoms with Gasteiger partial charge in [0.25, 0.3) is 0 Å². The summed E-state index contributed by atoms with van der Waals surface area (Å²) in [6, 6.07) is 35.7. The summed E-state index contributed by atoms with van der Waals surface area (Å²) >= 11 is 0. The molecule has 0 unspecified atom stereocenters. The fourth-order valence-corrected chi connectivity index (χ4v) is 7.02. The second kappa shape index (κ2) is 13.0. The zero-order valence-corrected chi connectivity index (χ0v) is 34.9. The maximum atomic E-state index is 7.15. The summed E-state index contributed by atoms with van der Waals surface area (Å²) in [5.41, 5.74) is 8.13. The molecular weight excluding hydrogens is 820 g/mol. The molecule has 7 aromatic rings. The van der Waals surface area contributed by atoms with E-state index >= 15 is 0 Å². The van der Waals surface area contributed by atoms with Crippen molar-refractivity contribution in [3.63, 3.8) is 0 Å². The molecule has 52 heavy (non-hydrogen) atoms. The molecule has 0 aliphatic carbocycles. The average Bonchev–Trinajstić information content (AvgIpc) is 3.59. The molecule has 0 N–H and O–H groups in total. The Kier molecular flexibility index (Phi) is 9.40. The van der Waals surface area contributed by atoms with Crippen molar-refractivity contribution in [1.82, 2.24) is 18.7 Å². The van der Waals surface area contributed by atoms with Crippen molar-refractivity contribution in [1.29, 1.82) is 0 Å². The Morgan fingerprint density at radius 2 is 1.23 bits per heavy atom. The van der Waals surface area contributed by atoms with Gasteiger partial charge in [0.05, 0.1) is 5.54 Å². The number of rotatable bonds is 4. The SMILES string of the molecule is CC(C)(C)c1ccnc(-n2c3[c-]c(Oc4[c-]c(-n5[cH+]n(C(C)(C)C)c6ccccc65)ccc4C(C)(C)C)c(C(C)(C)C)cc3c3ccccc32)c1.[Pt]. The van der Waals surface area contributed by atoms with E-state index in [9.17, 15) is 0 Å². The van der Waals surface area contributed by atoms with Crippen molar-refractivity contribution in [3.8, 4) is 23.0 Å². The van der Waals surface area contributed by atoms with Gasteiger partial charge in [0.15, 0.2) is 17.4 Å². The van der Waals surface area contributed by atoms with Crippen LogP contribution in [-0.4, -0.2) is 18.7 Å². The average molecular weight is 871 g/mol. The molecule has 272 valence electrons. The summed E-state index contributed by atoms with van der Waals surface area (Å²) < 4.78 is 13.9. The molecule has 7 rings (SSSR count). The van der Waals surface area contributed by atoms with E-state index in [0.29, 0.717) is 11.5 Å². The number of pyridine rings is 1. The van der Waals surface area contributed by atoms with Crippen LogP contribution < -0.4 is 4.74 Å². The molecule has 0 aliphatic rings. The first-order valence-corrected chi connectivity index (χ1v) is 18.1. The van der Waals surface area contributed by atoms with Gasteiger partial charge in [-0.25, -0.2) is 14.1 Å². The largest absolute Gasteiger partial charge is 0.508 e. The van der Waals surface area contributed by atoms with E-state index in [2.05, 4.69) is 194 Å². The smallest absolute Gasteiger partial charge is 0.188 e. The van der Waals surface area contributed by atoms with Crippen molar-refractivity contribution in [2.75, 3.05) is 0 Å². The summed E-state index contributed by atoms with van der Waals surface area (Å²) in [5, 5.41) is 2.30. The summed E-state index contributed by atoms with van der Waals surface area (Å²) in [5.74, 6) is 2.28. The summed E-state index contributed by atoms with van der Waals surface area (Å²) in [7, 11) is 0. The van der Waals surface area contributed by atoms with Crippen LogP contribution in [0.15, 0.2) is 91.4 Å². The maximum Gasteiger partial charge on any atom is 0.188 e. The van der Waals surface area contributed by atoms with E-state index in [1.807, 2.05) is 6.20 Å². The topological polar surface area (TPSA) is 36.9 Å². The van der Waals surface area contributed by atoms with Crippen LogP contribution in [0.1, 0.15) is 99.8 Å². The van der Waals surface area contributed by atoms with Gasteiger partial charge in [-0.2, -0.15) is 12.1 Å². The minimum atomic E-state index is -0.220. The molecule has 0 bridgehead atoms. The molecule has 0 aliphatic heterocycles. The van der Waals surface area contributed by atoms with E-state index in [4.69, 9.17) is 9.72 Å². The fourth-order valence-electron chi connectivity index (χ4n) is 7.02. The molecule has 5 nitrogen and oxygen atoms in total. The van der Waals surface area contributed by atoms with Crippen molar-refractivity contribution < 1.29 is 25.8 Å². The number of ether oxygens (including phenoxy) is 1. The molecule has 0 saturated carbocycles. The van der Waals surface area contributed by atoms with E-state index < -0.39 is 0 Å². The van der Waals surface area contributed by atoms with E-state index in [1.54, 1.807) is 0 Å². The Labute approximate surface area is 323 Å². The number of nitrogens with zero attached hydrogens (tertiary/aromatic N) is 4. The van der Waals surface area contributed by atoms with Crippen molar-refractivity contribution in [3.05, 3.63) is 120 Å². The molecule has 0 amide bonds. The zero-order valence-electron chi connectivity index (χ0n) is 32.7. The van der Waals surface area contributed by atoms with Crippen LogP contribution in [0.2, 0.25) is 0 Å². The third-order valence-electron chi connectivity index (χ3n) is 9.85. The standard InChI is InChI=1S/C46H51N4O.Pt/c1-43(2,3)30-23-24-47-42(25-30)50-36-18-14-13-17-32(36)33-27-35(45(7,8)9)41(28-39(33)50)51-40-26-31(21-22-34(40)44(4,5)6)48-29-49(46(10,11)12)38-20-16-15-19-37(38)48;/h13-25,27,29H,1-12H3;/q-1;. The molecule has 0 spiro atoms. The molecule has 3 heterocycles. The molecular formula is C46H51N4OPt-. The predicted molar refractivity (Wildman–Crippen MR) is 213 cm³/mol. The molecule has 3 aromatic heterocycles. The number of para-hydroxylation sites is 3. The van der Waals surface area contributed by atoms with E-state index in [0.717, 1.165) is 44.6 Å². The molecule has 0 radical (unpaired) electrons. The Morgan fingerprint density at radius 1 is 0.615 bits per heavy atom. The van der Waals surface area contributed by atoms with Crippen LogP contribution >= 0.6 is 0 Å². The van der Waals surface area contributed by atoms with Gasteiger partial charge in [-0.05, 0) is 67.5 Å². The van der Waals surface area contributed by atoms with Crippen LogP contribution in [-0.2, 0) is 42.8 Å². The van der Waals surface area contributed by atoms with Crippen LogP contribution in [0.3, 0.4) is 0 Å². The molecule has 0 fully saturated rings. The Bertz CT molecular complexity index is 2440. The van der Waals surface area contributed by atoms with Crippen molar-refractivity contribution >= 4 is 32.8 Å². The Balaban J connectivity index is 0.00000464. The fraction of sp³-hybridized carbons (Fsp3) is 0.348. The van der Waals surface area contributed by atoms with Crippen molar-refractivity contribution in [2.24, 2.45) is 0 Å². The molecule has 0 saturated heterocycles. The van der Waals surface area contributed by atoms with Gasteiger partial charge in [0.2, 0.25) is 0 Å². The van der Waals surface area contributed by atoms with Gasteiger partial charge in [-0.15, -0.1) is 28.6 Å². The van der Waals surface area contributed by atoms with Gasteiger partial charge in [-0.3, -0.25) is 0 Å². The second-order valence-corrected chi connectivity index (χ2v) is 18.0. The summed E-state index contributed by atoms with van der Waals surface area (Å²) in [6.07, 6.45) is 4.11. The van der Waals surface area contributed by atoms with Gasteiger partial charge in [0, 0.05) is 62.1 Å². The Morgan fingerprint density at radius 3 is 1.87 bits per heavy atom. The zero-order chi connectivity index (χ0) is 36.7. The number of benzene rings is 4. The maximum absolute atomic E-state index is 7.15. The Hall–Kier alpha value is -4.21. The van der Waals surface area contributed by atoms with Crippen LogP contribution in [0.4, 0.5) is 0 Å². The van der Waals surface area contributed by atoms with Crippen molar-refractivity contribution in [2.45, 2.75) is 105 Å². The number of hydrogen-bond acceptors (Lipinski definition) is 2. The van der Waals surface area contributed by atoms with E-state index in [-0.39, 0.29) is 42.8 Å². The first-order valence-electron chi connectivity index (χ1n) is 18.1. The summed E-state index contributed by atoms with van der Waals surface area (Å²) in [4.78, 5) is 4.91.